The Balaban J connectivity index is 1.25. The van der Waals surface area contributed by atoms with Gasteiger partial charge in [0.25, 0.3) is 11.8 Å². The standard InChI is InChI=1S/C32H25ClF2N6O2/c1-15-10-19(11-16(2)37-15)41-30(42)21-9-7-18(13-23(21)31(41)43)38-32-36-14-26-28(40-32)20-8-6-17(33)12-22(20)29(39-26)27-24(34)4-3-5-25(27)35/h3-9,12-16,19,37H,10-11H2,1-2H3,(H,36,38,40)/p+1. The number of imide groups is 1. The first-order valence-electron chi connectivity index (χ1n) is 14.0. The number of aromatic nitrogens is 3. The summed E-state index contributed by atoms with van der Waals surface area (Å²) < 4.78 is 29.6. The molecule has 2 amide bonds. The highest BCUT2D eigenvalue weighted by Gasteiger charge is 2.42. The SMILES string of the molecule is CC1CC(N2C(=O)c3ccc([NH2+]c4ncc5nc(-c6c(F)cccc6F)c6cc(Cl)ccc6c5n4)cc3C2=O)CC(C)N1. The van der Waals surface area contributed by atoms with Crippen molar-refractivity contribution >= 4 is 56.9 Å². The molecule has 1 fully saturated rings. The van der Waals surface area contributed by atoms with Crippen LogP contribution in [0.25, 0.3) is 33.1 Å². The molecular formula is C32H26ClF2N6O2+. The van der Waals surface area contributed by atoms with E-state index in [1.165, 1.54) is 29.3 Å². The largest absolute Gasteiger partial charge is 0.331 e. The lowest BCUT2D eigenvalue weighted by molar-refractivity contribution is -0.487. The zero-order valence-corrected chi connectivity index (χ0v) is 24.0. The van der Waals surface area contributed by atoms with Crippen LogP contribution in [0.15, 0.2) is 60.8 Å². The number of hydrogen-bond acceptors (Lipinski definition) is 6. The number of benzene rings is 3. The minimum absolute atomic E-state index is 0.102. The van der Waals surface area contributed by atoms with E-state index >= 15 is 0 Å². The van der Waals surface area contributed by atoms with E-state index in [-0.39, 0.29) is 41.2 Å². The van der Waals surface area contributed by atoms with Gasteiger partial charge in [0.15, 0.2) is 0 Å². The average molecular weight is 600 g/mol. The van der Waals surface area contributed by atoms with Crippen molar-refractivity contribution in [3.63, 3.8) is 0 Å². The summed E-state index contributed by atoms with van der Waals surface area (Å²) in [7, 11) is 0. The highest BCUT2D eigenvalue weighted by atomic mass is 35.5. The predicted octanol–water partition coefficient (Wildman–Crippen LogP) is 5.43. The molecule has 8 nitrogen and oxygen atoms in total. The fraction of sp³-hybridized carbons (Fsp3) is 0.219. The van der Waals surface area contributed by atoms with Gasteiger partial charge in [0.1, 0.15) is 28.4 Å². The maximum Gasteiger partial charge on any atom is 0.331 e. The summed E-state index contributed by atoms with van der Waals surface area (Å²) in [5.41, 5.74) is 2.06. The summed E-state index contributed by atoms with van der Waals surface area (Å²) in [5, 5.41) is 6.58. The van der Waals surface area contributed by atoms with Crippen molar-refractivity contribution in [2.75, 3.05) is 0 Å². The number of nitrogens with zero attached hydrogens (tertiary/aromatic N) is 4. The van der Waals surface area contributed by atoms with Crippen molar-refractivity contribution < 1.29 is 23.7 Å². The zero-order chi connectivity index (χ0) is 30.0. The Morgan fingerprint density at radius 2 is 1.63 bits per heavy atom. The first kappa shape index (κ1) is 27.5. The third-order valence-corrected chi connectivity index (χ3v) is 8.37. The Morgan fingerprint density at radius 3 is 2.37 bits per heavy atom. The maximum atomic E-state index is 14.8. The molecule has 3 N–H and O–H groups in total. The van der Waals surface area contributed by atoms with Crippen LogP contribution in [-0.2, 0) is 0 Å². The van der Waals surface area contributed by atoms with Crippen molar-refractivity contribution in [1.82, 2.24) is 25.2 Å². The number of halogens is 3. The van der Waals surface area contributed by atoms with Crippen LogP contribution in [0.4, 0.5) is 20.4 Å². The number of carbonyl (C=O) groups excluding carboxylic acids is 2. The Labute approximate surface area is 250 Å². The number of pyridine rings is 1. The molecule has 0 aliphatic carbocycles. The molecular weight excluding hydrogens is 574 g/mol. The molecule has 11 heteroatoms. The molecule has 0 bridgehead atoms. The van der Waals surface area contributed by atoms with Crippen LogP contribution in [-0.4, -0.2) is 49.8 Å². The lowest BCUT2D eigenvalue weighted by Crippen LogP contribution is -2.72. The van der Waals surface area contributed by atoms with Crippen molar-refractivity contribution in [2.45, 2.75) is 44.8 Å². The second kappa shape index (κ2) is 10.4. The van der Waals surface area contributed by atoms with E-state index in [1.807, 2.05) is 0 Å². The van der Waals surface area contributed by atoms with Crippen molar-refractivity contribution in [3.05, 3.63) is 88.6 Å². The Kier molecular flexibility index (Phi) is 6.65. The Bertz CT molecular complexity index is 1960. The third kappa shape index (κ3) is 4.71. The van der Waals surface area contributed by atoms with E-state index in [9.17, 15) is 18.4 Å². The van der Waals surface area contributed by atoms with Crippen LogP contribution in [0.5, 0.6) is 0 Å². The van der Waals surface area contributed by atoms with Gasteiger partial charge in [0.2, 0.25) is 0 Å². The molecule has 216 valence electrons. The van der Waals surface area contributed by atoms with Gasteiger partial charge in [-0.15, -0.1) is 0 Å². The molecule has 2 aliphatic rings. The number of nitrogens with two attached hydrogens (primary N) is 1. The normalized spacial score (nSPS) is 20.3. The van der Waals surface area contributed by atoms with Gasteiger partial charge in [-0.3, -0.25) is 14.5 Å². The Morgan fingerprint density at radius 1 is 0.907 bits per heavy atom. The number of quaternary nitrogens is 1. The number of fused-ring (bicyclic) bond motifs is 4. The van der Waals surface area contributed by atoms with Gasteiger partial charge in [-0.2, -0.15) is 9.97 Å². The molecule has 2 aromatic heterocycles. The number of rotatable bonds is 4. The molecule has 2 unspecified atom stereocenters. The number of amides is 2. The predicted molar refractivity (Wildman–Crippen MR) is 158 cm³/mol. The second-order valence-electron chi connectivity index (χ2n) is 11.2. The lowest BCUT2D eigenvalue weighted by Gasteiger charge is -2.37. The zero-order valence-electron chi connectivity index (χ0n) is 23.2. The van der Waals surface area contributed by atoms with Crippen molar-refractivity contribution in [3.8, 4) is 11.3 Å². The number of piperidine rings is 1. The smallest absolute Gasteiger partial charge is 0.312 e. The van der Waals surface area contributed by atoms with Crippen LogP contribution in [0.2, 0.25) is 5.02 Å². The first-order valence-corrected chi connectivity index (χ1v) is 14.4. The number of carbonyl (C=O) groups is 2. The van der Waals surface area contributed by atoms with E-state index in [0.29, 0.717) is 62.4 Å². The first-order chi connectivity index (χ1) is 20.7. The average Bonchev–Trinajstić information content (AvgIpc) is 3.21. The number of hydrogen-bond donors (Lipinski definition) is 2. The molecule has 2 atom stereocenters. The van der Waals surface area contributed by atoms with Gasteiger partial charge in [0, 0.05) is 46.1 Å². The second-order valence-corrected chi connectivity index (χ2v) is 11.7. The topological polar surface area (TPSA) is 105 Å². The quantitative estimate of drug-likeness (QED) is 0.162. The molecule has 43 heavy (non-hydrogen) atoms. The van der Waals surface area contributed by atoms with Crippen molar-refractivity contribution in [2.24, 2.45) is 0 Å². The highest BCUT2D eigenvalue weighted by molar-refractivity contribution is 6.32. The molecule has 3 aromatic carbocycles. The molecule has 0 saturated carbocycles. The summed E-state index contributed by atoms with van der Waals surface area (Å²) in [6.07, 6.45) is 2.91. The molecule has 2 aliphatic heterocycles. The molecule has 7 rings (SSSR count). The Hall–Kier alpha value is -4.38. The molecule has 0 radical (unpaired) electrons. The van der Waals surface area contributed by atoms with Gasteiger partial charge in [-0.1, -0.05) is 23.7 Å². The lowest BCUT2D eigenvalue weighted by atomic mass is 9.94. The molecule has 0 spiro atoms. The van der Waals surface area contributed by atoms with Gasteiger partial charge in [0.05, 0.1) is 28.6 Å². The summed E-state index contributed by atoms with van der Waals surface area (Å²) in [5.74, 6) is -1.71. The summed E-state index contributed by atoms with van der Waals surface area (Å²) in [6.45, 7) is 4.12. The summed E-state index contributed by atoms with van der Waals surface area (Å²) in [4.78, 5) is 41.8. The van der Waals surface area contributed by atoms with Crippen LogP contribution in [0, 0.1) is 11.6 Å². The van der Waals surface area contributed by atoms with E-state index < -0.39 is 11.6 Å². The van der Waals surface area contributed by atoms with E-state index in [4.69, 9.17) is 16.6 Å². The van der Waals surface area contributed by atoms with E-state index in [2.05, 4.69) is 29.1 Å². The highest BCUT2D eigenvalue weighted by Crippen LogP contribution is 2.36. The monoisotopic (exact) mass is 599 g/mol. The minimum Gasteiger partial charge on any atom is -0.312 e. The fourth-order valence-electron chi connectivity index (χ4n) is 6.35. The number of nitrogens with one attached hydrogen (secondary N) is 1. The molecule has 1 saturated heterocycles. The van der Waals surface area contributed by atoms with Crippen LogP contribution in [0.1, 0.15) is 47.4 Å². The summed E-state index contributed by atoms with van der Waals surface area (Å²) in [6, 6.07) is 14.0. The fourth-order valence-corrected chi connectivity index (χ4v) is 6.52. The molecule has 4 heterocycles. The van der Waals surface area contributed by atoms with Gasteiger partial charge in [-0.05, 0) is 57.0 Å². The van der Waals surface area contributed by atoms with Crippen LogP contribution in [0.3, 0.4) is 0 Å². The van der Waals surface area contributed by atoms with Crippen LogP contribution >= 0.6 is 11.6 Å². The minimum atomic E-state index is -0.744. The van der Waals surface area contributed by atoms with Crippen LogP contribution < -0.4 is 10.6 Å². The van der Waals surface area contributed by atoms with E-state index in [0.717, 1.165) is 0 Å². The third-order valence-electron chi connectivity index (χ3n) is 8.14. The maximum absolute atomic E-state index is 14.8. The van der Waals surface area contributed by atoms with Gasteiger partial charge in [-0.25, -0.2) is 19.1 Å². The summed E-state index contributed by atoms with van der Waals surface area (Å²) >= 11 is 6.28. The van der Waals surface area contributed by atoms with E-state index in [1.54, 1.807) is 41.7 Å². The van der Waals surface area contributed by atoms with Gasteiger partial charge < -0.3 is 5.32 Å². The van der Waals surface area contributed by atoms with Gasteiger partial charge >= 0.3 is 5.95 Å². The molecule has 5 aromatic rings. The van der Waals surface area contributed by atoms with Crippen molar-refractivity contribution in [1.29, 1.82) is 0 Å².